The van der Waals surface area contributed by atoms with E-state index in [1.807, 2.05) is 18.2 Å². The number of hydrogen-bond acceptors (Lipinski definition) is 3. The average molecular weight is 336 g/mol. The van der Waals surface area contributed by atoms with Gasteiger partial charge in [0.05, 0.1) is 6.10 Å². The maximum Gasteiger partial charge on any atom is 0.303 e. The van der Waals surface area contributed by atoms with Crippen LogP contribution in [0.25, 0.3) is 0 Å². The van der Waals surface area contributed by atoms with Crippen LogP contribution >= 0.6 is 0 Å². The maximum absolute atomic E-state index is 12.1. The highest BCUT2D eigenvalue weighted by Crippen LogP contribution is 2.33. The van der Waals surface area contributed by atoms with Crippen LogP contribution in [0.4, 0.5) is 0 Å². The number of carbonyl (C=O) groups excluding carboxylic acids is 1. The monoisotopic (exact) mass is 336 g/mol. The van der Waals surface area contributed by atoms with Crippen molar-refractivity contribution >= 4 is 11.8 Å². The Morgan fingerprint density at radius 2 is 1.88 bits per heavy atom. The average Bonchev–Trinajstić information content (AvgIpc) is 2.80. The largest absolute Gasteiger partial charge is 0.481 e. The fraction of sp³-hybridized carbons (Fsp3) is 0.700. The molecule has 4 nitrogen and oxygen atoms in total. The van der Waals surface area contributed by atoms with Crippen LogP contribution in [0, 0.1) is 11.8 Å². The van der Waals surface area contributed by atoms with Crippen molar-refractivity contribution in [3.05, 3.63) is 24.3 Å². The van der Waals surface area contributed by atoms with Crippen molar-refractivity contribution in [1.29, 1.82) is 0 Å². The Balaban J connectivity index is 2.39. The highest BCUT2D eigenvalue weighted by atomic mass is 16.4. The minimum atomic E-state index is -0.776. The SMILES string of the molecule is CCCCCCC=C[C@H]1C(O)CC(=O)[C@@H]1CC=CCCCC(=O)O. The molecule has 0 heterocycles. The lowest BCUT2D eigenvalue weighted by Crippen LogP contribution is -2.17. The van der Waals surface area contributed by atoms with Gasteiger partial charge in [0.15, 0.2) is 0 Å². The summed E-state index contributed by atoms with van der Waals surface area (Å²) in [6.45, 7) is 2.19. The number of ketones is 1. The molecule has 0 aliphatic heterocycles. The van der Waals surface area contributed by atoms with Gasteiger partial charge >= 0.3 is 5.97 Å². The van der Waals surface area contributed by atoms with Crippen LogP contribution in [-0.4, -0.2) is 28.1 Å². The predicted molar refractivity (Wildman–Crippen MR) is 95.8 cm³/mol. The van der Waals surface area contributed by atoms with Gasteiger partial charge in [-0.05, 0) is 32.1 Å². The Bertz CT molecular complexity index is 439. The first-order chi connectivity index (χ1) is 11.6. The summed E-state index contributed by atoms with van der Waals surface area (Å²) in [5.41, 5.74) is 0. The van der Waals surface area contributed by atoms with Crippen LogP contribution in [0.3, 0.4) is 0 Å². The van der Waals surface area contributed by atoms with Crippen molar-refractivity contribution in [1.82, 2.24) is 0 Å². The molecule has 4 heteroatoms. The third kappa shape index (κ3) is 7.91. The van der Waals surface area contributed by atoms with Crippen molar-refractivity contribution in [2.45, 2.75) is 77.2 Å². The summed E-state index contributed by atoms with van der Waals surface area (Å²) in [5, 5.41) is 18.7. The van der Waals surface area contributed by atoms with E-state index in [4.69, 9.17) is 5.11 Å². The predicted octanol–water partition coefficient (Wildman–Crippen LogP) is 4.28. The molecule has 136 valence electrons. The molecule has 1 rings (SSSR count). The van der Waals surface area contributed by atoms with Crippen LogP contribution in [0.2, 0.25) is 0 Å². The molecule has 0 radical (unpaired) electrons. The number of unbranched alkanes of at least 4 members (excludes halogenated alkanes) is 5. The van der Waals surface area contributed by atoms with E-state index in [0.717, 1.165) is 12.8 Å². The molecule has 2 N–H and O–H groups in total. The summed E-state index contributed by atoms with van der Waals surface area (Å²) in [6.07, 6.45) is 15.8. The van der Waals surface area contributed by atoms with Crippen molar-refractivity contribution in [3.8, 4) is 0 Å². The number of aliphatic carboxylic acids is 1. The minimum absolute atomic E-state index is 0.0765. The topological polar surface area (TPSA) is 74.6 Å². The lowest BCUT2D eigenvalue weighted by molar-refractivity contribution is -0.137. The number of rotatable bonds is 12. The van der Waals surface area contributed by atoms with E-state index in [9.17, 15) is 14.7 Å². The second-order valence-corrected chi connectivity index (χ2v) is 6.69. The summed E-state index contributed by atoms with van der Waals surface area (Å²) in [4.78, 5) is 22.5. The number of carbonyl (C=O) groups is 2. The van der Waals surface area contributed by atoms with E-state index in [2.05, 4.69) is 13.0 Å². The molecule has 0 spiro atoms. The van der Waals surface area contributed by atoms with Gasteiger partial charge in [0, 0.05) is 24.7 Å². The number of Topliss-reactive ketones (excluding diaryl/α,β-unsaturated/α-hetero) is 1. The van der Waals surface area contributed by atoms with Crippen LogP contribution in [0.5, 0.6) is 0 Å². The number of aliphatic hydroxyl groups excluding tert-OH is 1. The molecule has 3 atom stereocenters. The molecule has 0 aromatic rings. The zero-order valence-corrected chi connectivity index (χ0v) is 14.8. The molecule has 0 aromatic heterocycles. The van der Waals surface area contributed by atoms with Gasteiger partial charge < -0.3 is 10.2 Å². The molecule has 0 aromatic carbocycles. The highest BCUT2D eigenvalue weighted by Gasteiger charge is 2.38. The standard InChI is InChI=1S/C20H32O4/c1-2-3-4-5-6-9-12-16-17(19(22)15-18(16)21)13-10-7-8-11-14-20(23)24/h7,9-10,12,16-18,21H,2-6,8,11,13-15H2,1H3,(H,23,24)/t16-,17-,18?/m1/s1. The molecule has 0 saturated heterocycles. The van der Waals surface area contributed by atoms with Gasteiger partial charge in [0.25, 0.3) is 0 Å². The zero-order chi connectivity index (χ0) is 17.8. The summed E-state index contributed by atoms with van der Waals surface area (Å²) >= 11 is 0. The highest BCUT2D eigenvalue weighted by molar-refractivity contribution is 5.84. The summed E-state index contributed by atoms with van der Waals surface area (Å²) in [5.74, 6) is -0.852. The molecule has 1 aliphatic carbocycles. The van der Waals surface area contributed by atoms with Gasteiger partial charge in [0.2, 0.25) is 0 Å². The first-order valence-corrected chi connectivity index (χ1v) is 9.30. The van der Waals surface area contributed by atoms with Crippen molar-refractivity contribution in [3.63, 3.8) is 0 Å². The molecule has 0 bridgehead atoms. The molecule has 1 fully saturated rings. The number of carboxylic acid groups (broad SMARTS) is 1. The molecule has 1 aliphatic rings. The molecule has 24 heavy (non-hydrogen) atoms. The normalized spacial score (nSPS) is 24.4. The van der Waals surface area contributed by atoms with E-state index in [0.29, 0.717) is 19.3 Å². The lowest BCUT2D eigenvalue weighted by atomic mass is 9.90. The molecule has 1 unspecified atom stereocenters. The molecular weight excluding hydrogens is 304 g/mol. The van der Waals surface area contributed by atoms with Crippen LogP contribution in [-0.2, 0) is 9.59 Å². The van der Waals surface area contributed by atoms with Crippen molar-refractivity contribution in [2.24, 2.45) is 11.8 Å². The summed E-state index contributed by atoms with van der Waals surface area (Å²) in [7, 11) is 0. The third-order valence-electron chi connectivity index (χ3n) is 4.63. The van der Waals surface area contributed by atoms with Crippen molar-refractivity contribution in [2.75, 3.05) is 0 Å². The Hall–Kier alpha value is -1.42. The van der Waals surface area contributed by atoms with Crippen LogP contribution < -0.4 is 0 Å². The van der Waals surface area contributed by atoms with Gasteiger partial charge in [-0.25, -0.2) is 0 Å². The smallest absolute Gasteiger partial charge is 0.303 e. The van der Waals surface area contributed by atoms with E-state index < -0.39 is 12.1 Å². The van der Waals surface area contributed by atoms with Crippen LogP contribution in [0.15, 0.2) is 24.3 Å². The second kappa shape index (κ2) is 12.0. The third-order valence-corrected chi connectivity index (χ3v) is 4.63. The van der Waals surface area contributed by atoms with Gasteiger partial charge in [-0.3, -0.25) is 9.59 Å². The maximum atomic E-state index is 12.1. The van der Waals surface area contributed by atoms with E-state index >= 15 is 0 Å². The van der Waals surface area contributed by atoms with E-state index in [1.165, 1.54) is 19.3 Å². The molecular formula is C20H32O4. The van der Waals surface area contributed by atoms with E-state index in [-0.39, 0.29) is 30.5 Å². The Kier molecular flexibility index (Phi) is 10.3. The van der Waals surface area contributed by atoms with Gasteiger partial charge in [0.1, 0.15) is 5.78 Å². The Morgan fingerprint density at radius 1 is 1.12 bits per heavy atom. The van der Waals surface area contributed by atoms with E-state index in [1.54, 1.807) is 0 Å². The number of aliphatic hydroxyl groups is 1. The van der Waals surface area contributed by atoms with Crippen molar-refractivity contribution < 1.29 is 19.8 Å². The summed E-state index contributed by atoms with van der Waals surface area (Å²) < 4.78 is 0. The fourth-order valence-electron chi connectivity index (χ4n) is 3.20. The number of carboxylic acids is 1. The Labute approximate surface area is 145 Å². The first kappa shape index (κ1) is 20.6. The van der Waals surface area contributed by atoms with Crippen LogP contribution in [0.1, 0.15) is 71.1 Å². The van der Waals surface area contributed by atoms with Gasteiger partial charge in [-0.2, -0.15) is 0 Å². The fourth-order valence-corrected chi connectivity index (χ4v) is 3.20. The Morgan fingerprint density at radius 3 is 2.58 bits per heavy atom. The lowest BCUT2D eigenvalue weighted by Gasteiger charge is -2.15. The summed E-state index contributed by atoms with van der Waals surface area (Å²) in [6, 6.07) is 0. The van der Waals surface area contributed by atoms with Gasteiger partial charge in [-0.15, -0.1) is 0 Å². The number of hydrogen-bond donors (Lipinski definition) is 2. The number of allylic oxidation sites excluding steroid dienone is 3. The first-order valence-electron chi connectivity index (χ1n) is 9.30. The molecule has 1 saturated carbocycles. The molecule has 0 amide bonds. The zero-order valence-electron chi connectivity index (χ0n) is 14.8. The second-order valence-electron chi connectivity index (χ2n) is 6.69. The minimum Gasteiger partial charge on any atom is -0.481 e. The van der Waals surface area contributed by atoms with Gasteiger partial charge in [-0.1, -0.05) is 50.5 Å². The quantitative estimate of drug-likeness (QED) is 0.412.